The molecule has 0 radical (unpaired) electrons. The summed E-state index contributed by atoms with van der Waals surface area (Å²) in [6.07, 6.45) is 5.20. The number of fused-ring (bicyclic) bond motifs is 1. The number of hydrogen-bond acceptors (Lipinski definition) is 6. The van der Waals surface area contributed by atoms with Gasteiger partial charge in [-0.3, -0.25) is 0 Å². The quantitative estimate of drug-likeness (QED) is 0.734. The molecule has 0 atom stereocenters. The van der Waals surface area contributed by atoms with Crippen LogP contribution in [0.25, 0.3) is 0 Å². The van der Waals surface area contributed by atoms with E-state index in [1.165, 1.54) is 12.2 Å². The number of ether oxygens (including phenoxy) is 2. The minimum atomic E-state index is -3.40. The molecule has 3 rings (SSSR count). The van der Waals surface area contributed by atoms with Gasteiger partial charge in [0.1, 0.15) is 11.6 Å². The topological polar surface area (TPSA) is 85.3 Å². The molecule has 1 aromatic rings. The summed E-state index contributed by atoms with van der Waals surface area (Å²) in [5.74, 6) is 0.582. The Labute approximate surface area is 146 Å². The molecular formula is C17H18N2O5S. The third-order valence-corrected chi connectivity index (χ3v) is 5.01. The highest BCUT2D eigenvalue weighted by atomic mass is 32.2. The summed E-state index contributed by atoms with van der Waals surface area (Å²) in [6.45, 7) is 0.528. The lowest BCUT2D eigenvalue weighted by molar-refractivity contribution is -0.138. The van der Waals surface area contributed by atoms with Crippen molar-refractivity contribution in [2.24, 2.45) is 4.40 Å². The largest absolute Gasteiger partial charge is 0.497 e. The van der Waals surface area contributed by atoms with Crippen molar-refractivity contribution in [1.82, 2.24) is 4.90 Å². The van der Waals surface area contributed by atoms with Gasteiger partial charge in [0.15, 0.2) is 0 Å². The van der Waals surface area contributed by atoms with Crippen LogP contribution in [0.4, 0.5) is 0 Å². The van der Waals surface area contributed by atoms with Crippen LogP contribution < -0.4 is 4.74 Å². The van der Waals surface area contributed by atoms with Gasteiger partial charge in [-0.05, 0) is 29.8 Å². The summed E-state index contributed by atoms with van der Waals surface area (Å²) < 4.78 is 37.0. The fourth-order valence-electron chi connectivity index (χ4n) is 2.46. The zero-order chi connectivity index (χ0) is 17.9. The third kappa shape index (κ3) is 4.27. The SMILES string of the molecule is COc1ccc(CCOC(=O)C2=CN3CCS(=O)(=O)N=C3C=C2)cc1. The van der Waals surface area contributed by atoms with Gasteiger partial charge in [-0.15, -0.1) is 4.40 Å². The maximum atomic E-state index is 12.1. The Kier molecular flexibility index (Phi) is 4.89. The Bertz CT molecular complexity index is 854. The highest BCUT2D eigenvalue weighted by Gasteiger charge is 2.25. The number of benzene rings is 1. The van der Waals surface area contributed by atoms with Gasteiger partial charge in [0.25, 0.3) is 10.0 Å². The lowest BCUT2D eigenvalue weighted by Gasteiger charge is -2.26. The molecular weight excluding hydrogens is 344 g/mol. The van der Waals surface area contributed by atoms with Crippen LogP contribution in [0.3, 0.4) is 0 Å². The van der Waals surface area contributed by atoms with Crippen LogP contribution in [-0.2, 0) is 26.0 Å². The van der Waals surface area contributed by atoms with Gasteiger partial charge in [0, 0.05) is 19.2 Å². The van der Waals surface area contributed by atoms with Gasteiger partial charge < -0.3 is 14.4 Å². The highest BCUT2D eigenvalue weighted by Crippen LogP contribution is 2.17. The minimum absolute atomic E-state index is 0.0688. The van der Waals surface area contributed by atoms with E-state index in [0.29, 0.717) is 17.8 Å². The van der Waals surface area contributed by atoms with Gasteiger partial charge in [0.05, 0.1) is 25.0 Å². The van der Waals surface area contributed by atoms with Crippen molar-refractivity contribution in [1.29, 1.82) is 0 Å². The molecule has 0 aliphatic carbocycles. The molecule has 0 N–H and O–H groups in total. The number of carbonyl (C=O) groups excluding carboxylic acids is 1. The number of methoxy groups -OCH3 is 1. The van der Waals surface area contributed by atoms with Crippen molar-refractivity contribution < 1.29 is 22.7 Å². The number of hydrogen-bond donors (Lipinski definition) is 0. The molecule has 0 fully saturated rings. The molecule has 2 aliphatic heterocycles. The van der Waals surface area contributed by atoms with E-state index < -0.39 is 16.0 Å². The summed E-state index contributed by atoms with van der Waals surface area (Å²) in [6, 6.07) is 7.55. The number of nitrogens with zero attached hydrogens (tertiary/aromatic N) is 2. The van der Waals surface area contributed by atoms with Crippen LogP contribution in [0.5, 0.6) is 5.75 Å². The van der Waals surface area contributed by atoms with Gasteiger partial charge >= 0.3 is 5.97 Å². The fourth-order valence-corrected chi connectivity index (χ4v) is 3.43. The zero-order valence-electron chi connectivity index (χ0n) is 13.7. The standard InChI is InChI=1S/C17H18N2O5S/c1-23-15-5-2-13(3-6-15)8-10-24-17(20)14-4-7-16-18-25(21,22)11-9-19(16)12-14/h2-7,12H,8-11H2,1H3. The monoisotopic (exact) mass is 362 g/mol. The summed E-state index contributed by atoms with van der Waals surface area (Å²) in [5, 5.41) is 0. The van der Waals surface area contributed by atoms with Crippen molar-refractivity contribution in [2.75, 3.05) is 26.0 Å². The molecule has 0 bridgehead atoms. The summed E-state index contributed by atoms with van der Waals surface area (Å²) >= 11 is 0. The molecule has 132 valence electrons. The maximum Gasteiger partial charge on any atom is 0.339 e. The Morgan fingerprint density at radius 3 is 2.72 bits per heavy atom. The molecule has 0 unspecified atom stereocenters. The number of esters is 1. The van der Waals surface area contributed by atoms with E-state index >= 15 is 0 Å². The number of rotatable bonds is 5. The zero-order valence-corrected chi connectivity index (χ0v) is 14.5. The van der Waals surface area contributed by atoms with Crippen LogP contribution in [0.1, 0.15) is 5.56 Å². The summed E-state index contributed by atoms with van der Waals surface area (Å²) in [7, 11) is -1.79. The van der Waals surface area contributed by atoms with Crippen LogP contribution >= 0.6 is 0 Å². The molecule has 0 saturated heterocycles. The first kappa shape index (κ1) is 17.2. The first-order valence-corrected chi connectivity index (χ1v) is 9.37. The molecule has 1 aromatic carbocycles. The smallest absolute Gasteiger partial charge is 0.339 e. The van der Waals surface area contributed by atoms with Gasteiger partial charge in [-0.1, -0.05) is 12.1 Å². The molecule has 0 spiro atoms. The fraction of sp³-hybridized carbons (Fsp3) is 0.294. The molecule has 2 aliphatic rings. The van der Waals surface area contributed by atoms with Crippen molar-refractivity contribution in [3.05, 3.63) is 53.8 Å². The minimum Gasteiger partial charge on any atom is -0.497 e. The van der Waals surface area contributed by atoms with Crippen LogP contribution in [0, 0.1) is 0 Å². The average molecular weight is 362 g/mol. The lowest BCUT2D eigenvalue weighted by atomic mass is 10.1. The summed E-state index contributed by atoms with van der Waals surface area (Å²) in [4.78, 5) is 13.8. The van der Waals surface area contributed by atoms with E-state index in [9.17, 15) is 13.2 Å². The Hall–Kier alpha value is -2.61. The van der Waals surface area contributed by atoms with Crippen molar-refractivity contribution >= 4 is 21.8 Å². The first-order valence-electron chi connectivity index (χ1n) is 7.76. The molecule has 0 aromatic heterocycles. The molecule has 2 heterocycles. The van der Waals surface area contributed by atoms with Crippen molar-refractivity contribution in [2.45, 2.75) is 6.42 Å². The van der Waals surface area contributed by atoms with E-state index in [-0.39, 0.29) is 18.9 Å². The van der Waals surface area contributed by atoms with Gasteiger partial charge in [0.2, 0.25) is 0 Å². The predicted octanol–water partition coefficient (Wildman–Crippen LogP) is 1.28. The number of carbonyl (C=O) groups is 1. The molecule has 0 amide bonds. The molecule has 8 heteroatoms. The van der Waals surface area contributed by atoms with E-state index in [1.807, 2.05) is 24.3 Å². The van der Waals surface area contributed by atoms with E-state index in [0.717, 1.165) is 11.3 Å². The number of sulfonamides is 1. The second-order valence-corrected chi connectivity index (χ2v) is 7.34. The summed E-state index contributed by atoms with van der Waals surface area (Å²) in [5.41, 5.74) is 1.41. The second-order valence-electron chi connectivity index (χ2n) is 5.58. The average Bonchev–Trinajstić information content (AvgIpc) is 2.61. The van der Waals surface area contributed by atoms with E-state index in [2.05, 4.69) is 4.40 Å². The highest BCUT2D eigenvalue weighted by molar-refractivity contribution is 7.90. The van der Waals surface area contributed by atoms with Crippen LogP contribution in [0.15, 0.2) is 52.6 Å². The lowest BCUT2D eigenvalue weighted by Crippen LogP contribution is -2.37. The Morgan fingerprint density at radius 1 is 1.24 bits per heavy atom. The van der Waals surface area contributed by atoms with Crippen LogP contribution in [-0.4, -0.2) is 51.1 Å². The maximum absolute atomic E-state index is 12.1. The van der Waals surface area contributed by atoms with Crippen molar-refractivity contribution in [3.63, 3.8) is 0 Å². The molecule has 0 saturated carbocycles. The molecule has 7 nitrogen and oxygen atoms in total. The molecule has 25 heavy (non-hydrogen) atoms. The second kappa shape index (κ2) is 7.10. The Morgan fingerprint density at radius 2 is 2.00 bits per heavy atom. The van der Waals surface area contributed by atoms with E-state index in [4.69, 9.17) is 9.47 Å². The third-order valence-electron chi connectivity index (χ3n) is 3.84. The van der Waals surface area contributed by atoms with Crippen LogP contribution in [0.2, 0.25) is 0 Å². The number of amidine groups is 1. The van der Waals surface area contributed by atoms with Crippen molar-refractivity contribution in [3.8, 4) is 5.75 Å². The van der Waals surface area contributed by atoms with Gasteiger partial charge in [-0.2, -0.15) is 0 Å². The Balaban J connectivity index is 1.55. The first-order chi connectivity index (χ1) is 12.0. The normalized spacial score (nSPS) is 18.0. The van der Waals surface area contributed by atoms with E-state index in [1.54, 1.807) is 18.2 Å². The predicted molar refractivity (Wildman–Crippen MR) is 92.8 cm³/mol. The van der Waals surface area contributed by atoms with Gasteiger partial charge in [-0.25, -0.2) is 13.2 Å².